The first-order valence-electron chi connectivity index (χ1n) is 5.31. The number of aliphatic imine (C=N–C) groups is 1. The van der Waals surface area contributed by atoms with Gasteiger partial charge in [-0.25, -0.2) is 0 Å². The molecule has 0 saturated heterocycles. The summed E-state index contributed by atoms with van der Waals surface area (Å²) in [6, 6.07) is 0. The Bertz CT molecular complexity index is 229. The summed E-state index contributed by atoms with van der Waals surface area (Å²) in [5, 5.41) is 15.3. The third-order valence-electron chi connectivity index (χ3n) is 1.89. The molecule has 0 spiro atoms. The lowest BCUT2D eigenvalue weighted by Crippen LogP contribution is -2.47. The zero-order chi connectivity index (χ0) is 11.3. The van der Waals surface area contributed by atoms with E-state index < -0.39 is 0 Å². The molecule has 0 amide bonds. The largest absolute Gasteiger partial charge is 0.389 e. The predicted octanol–water partition coefficient (Wildman–Crippen LogP) is 0.289. The van der Waals surface area contributed by atoms with Gasteiger partial charge in [0.2, 0.25) is 0 Å². The van der Waals surface area contributed by atoms with Gasteiger partial charge in [-0.1, -0.05) is 0 Å². The zero-order valence-electron chi connectivity index (χ0n) is 10.1. The van der Waals surface area contributed by atoms with Crippen LogP contribution in [0.4, 0.5) is 0 Å². The van der Waals surface area contributed by atoms with Gasteiger partial charge in [-0.3, -0.25) is 4.99 Å². The molecule has 0 radical (unpaired) electrons. The standard InChI is InChI=1S/C10H21N3O2.BrH/c1-10(2,3)15-5-4-11-9-12-6-8(14)7-13-9;/h8,14H,4-7H2,1-3H3,(H2,11,12,13);1H. The first kappa shape index (κ1) is 15.7. The highest BCUT2D eigenvalue weighted by molar-refractivity contribution is 8.93. The second kappa shape index (κ2) is 7.09. The lowest BCUT2D eigenvalue weighted by Gasteiger charge is -2.22. The van der Waals surface area contributed by atoms with Crippen LogP contribution in [0.1, 0.15) is 20.8 Å². The highest BCUT2D eigenvalue weighted by Gasteiger charge is 2.12. The summed E-state index contributed by atoms with van der Waals surface area (Å²) in [4.78, 5) is 4.13. The predicted molar refractivity (Wildman–Crippen MR) is 70.3 cm³/mol. The molecule has 96 valence electrons. The van der Waals surface area contributed by atoms with Gasteiger partial charge in [0.05, 0.1) is 24.9 Å². The van der Waals surface area contributed by atoms with Crippen LogP contribution in [0.2, 0.25) is 0 Å². The Morgan fingerprint density at radius 1 is 1.56 bits per heavy atom. The number of halogens is 1. The number of aliphatic hydroxyl groups is 1. The van der Waals surface area contributed by atoms with Crippen LogP contribution in [0.25, 0.3) is 0 Å². The quantitative estimate of drug-likeness (QED) is 0.655. The van der Waals surface area contributed by atoms with Crippen molar-refractivity contribution in [1.82, 2.24) is 10.6 Å². The third kappa shape index (κ3) is 7.03. The lowest BCUT2D eigenvalue weighted by atomic mass is 10.2. The average Bonchev–Trinajstić information content (AvgIpc) is 2.14. The molecule has 0 aromatic heterocycles. The summed E-state index contributed by atoms with van der Waals surface area (Å²) in [5.41, 5.74) is -0.0975. The van der Waals surface area contributed by atoms with Crippen LogP contribution in [0.15, 0.2) is 4.99 Å². The minimum Gasteiger partial charge on any atom is -0.389 e. The zero-order valence-corrected chi connectivity index (χ0v) is 11.8. The number of aliphatic hydroxyl groups excluding tert-OH is 1. The van der Waals surface area contributed by atoms with Gasteiger partial charge in [-0.15, -0.1) is 17.0 Å². The van der Waals surface area contributed by atoms with E-state index in [-0.39, 0.29) is 28.7 Å². The summed E-state index contributed by atoms with van der Waals surface area (Å²) in [5.74, 6) is 0.748. The van der Waals surface area contributed by atoms with E-state index in [9.17, 15) is 5.11 Å². The molecular formula is C10H22BrN3O2. The minimum atomic E-state index is -0.360. The fourth-order valence-electron chi connectivity index (χ4n) is 1.18. The molecule has 0 aromatic carbocycles. The SMILES string of the molecule is Br.CC(C)(C)OCCNC1=NCC(O)CN1. The molecule has 1 unspecified atom stereocenters. The molecule has 0 fully saturated rings. The van der Waals surface area contributed by atoms with E-state index in [2.05, 4.69) is 15.6 Å². The molecule has 0 aliphatic carbocycles. The van der Waals surface area contributed by atoms with Gasteiger partial charge in [-0.2, -0.15) is 0 Å². The maximum Gasteiger partial charge on any atom is 0.191 e. The molecule has 5 nitrogen and oxygen atoms in total. The molecule has 1 atom stereocenters. The fourth-order valence-corrected chi connectivity index (χ4v) is 1.18. The Labute approximate surface area is 107 Å². The highest BCUT2D eigenvalue weighted by atomic mass is 79.9. The number of ether oxygens (including phenoxy) is 1. The van der Waals surface area contributed by atoms with E-state index in [1.807, 2.05) is 20.8 Å². The summed E-state index contributed by atoms with van der Waals surface area (Å²) in [6.45, 7) is 8.48. The van der Waals surface area contributed by atoms with E-state index in [1.54, 1.807) is 0 Å². The van der Waals surface area contributed by atoms with Crippen LogP contribution in [-0.2, 0) is 4.74 Å². The molecule has 16 heavy (non-hydrogen) atoms. The molecule has 1 heterocycles. The molecule has 1 aliphatic heterocycles. The molecule has 0 aromatic rings. The Kier molecular flexibility index (Phi) is 6.94. The van der Waals surface area contributed by atoms with E-state index in [1.165, 1.54) is 0 Å². The monoisotopic (exact) mass is 295 g/mol. The van der Waals surface area contributed by atoms with Crippen LogP contribution in [-0.4, -0.2) is 49.0 Å². The van der Waals surface area contributed by atoms with E-state index in [0.29, 0.717) is 19.7 Å². The molecule has 0 saturated carbocycles. The Hall–Kier alpha value is -0.330. The summed E-state index contributed by atoms with van der Waals surface area (Å²) in [6.07, 6.45) is -0.360. The second-order valence-corrected chi connectivity index (χ2v) is 4.61. The van der Waals surface area contributed by atoms with Crippen molar-refractivity contribution < 1.29 is 9.84 Å². The molecular weight excluding hydrogens is 274 g/mol. The first-order chi connectivity index (χ1) is 6.97. The third-order valence-corrected chi connectivity index (χ3v) is 1.89. The van der Waals surface area contributed by atoms with Crippen molar-refractivity contribution in [2.45, 2.75) is 32.5 Å². The van der Waals surface area contributed by atoms with Crippen LogP contribution < -0.4 is 10.6 Å². The molecule has 1 aliphatic rings. The summed E-state index contributed by atoms with van der Waals surface area (Å²) >= 11 is 0. The van der Waals surface area contributed by atoms with Crippen molar-refractivity contribution in [1.29, 1.82) is 0 Å². The smallest absolute Gasteiger partial charge is 0.191 e. The molecule has 1 rings (SSSR count). The van der Waals surface area contributed by atoms with Crippen LogP contribution in [0.3, 0.4) is 0 Å². The first-order valence-corrected chi connectivity index (χ1v) is 5.31. The number of nitrogens with one attached hydrogen (secondary N) is 2. The van der Waals surface area contributed by atoms with Crippen molar-refractivity contribution in [3.05, 3.63) is 0 Å². The Morgan fingerprint density at radius 2 is 2.25 bits per heavy atom. The number of guanidine groups is 1. The number of β-amino-alcohol motifs (C(OH)–C–C–N with tert-alkyl or cyclic N) is 1. The Morgan fingerprint density at radius 3 is 2.75 bits per heavy atom. The molecule has 3 N–H and O–H groups in total. The van der Waals surface area contributed by atoms with E-state index >= 15 is 0 Å². The maximum absolute atomic E-state index is 9.18. The second-order valence-electron chi connectivity index (χ2n) is 4.61. The van der Waals surface area contributed by atoms with Gasteiger partial charge in [0, 0.05) is 13.1 Å². The number of nitrogens with zero attached hydrogens (tertiary/aromatic N) is 1. The van der Waals surface area contributed by atoms with Gasteiger partial charge >= 0.3 is 0 Å². The van der Waals surface area contributed by atoms with Crippen molar-refractivity contribution >= 4 is 22.9 Å². The maximum atomic E-state index is 9.18. The lowest BCUT2D eigenvalue weighted by molar-refractivity contribution is 0.000460. The summed E-state index contributed by atoms with van der Waals surface area (Å²) in [7, 11) is 0. The molecule has 6 heteroatoms. The van der Waals surface area contributed by atoms with E-state index in [4.69, 9.17) is 4.74 Å². The van der Waals surface area contributed by atoms with Crippen molar-refractivity contribution in [2.24, 2.45) is 4.99 Å². The molecule has 0 bridgehead atoms. The van der Waals surface area contributed by atoms with Gasteiger partial charge in [0.25, 0.3) is 0 Å². The van der Waals surface area contributed by atoms with Crippen LogP contribution >= 0.6 is 17.0 Å². The van der Waals surface area contributed by atoms with Gasteiger partial charge < -0.3 is 20.5 Å². The summed E-state index contributed by atoms with van der Waals surface area (Å²) < 4.78 is 5.55. The normalized spacial score (nSPS) is 20.5. The van der Waals surface area contributed by atoms with Gasteiger partial charge in [0.15, 0.2) is 5.96 Å². The number of rotatable bonds is 3. The van der Waals surface area contributed by atoms with Gasteiger partial charge in [0.1, 0.15) is 0 Å². The number of hydrogen-bond donors (Lipinski definition) is 3. The van der Waals surface area contributed by atoms with Crippen molar-refractivity contribution in [2.75, 3.05) is 26.2 Å². The van der Waals surface area contributed by atoms with Crippen molar-refractivity contribution in [3.63, 3.8) is 0 Å². The van der Waals surface area contributed by atoms with Crippen LogP contribution in [0.5, 0.6) is 0 Å². The van der Waals surface area contributed by atoms with E-state index in [0.717, 1.165) is 12.5 Å². The van der Waals surface area contributed by atoms with Crippen LogP contribution in [0, 0.1) is 0 Å². The van der Waals surface area contributed by atoms with Crippen molar-refractivity contribution in [3.8, 4) is 0 Å². The number of hydrogen-bond acceptors (Lipinski definition) is 5. The minimum absolute atomic E-state index is 0. The topological polar surface area (TPSA) is 65.9 Å². The highest BCUT2D eigenvalue weighted by Crippen LogP contribution is 2.04. The average molecular weight is 296 g/mol. The fraction of sp³-hybridized carbons (Fsp3) is 0.900. The van der Waals surface area contributed by atoms with Gasteiger partial charge in [-0.05, 0) is 20.8 Å². The Balaban J connectivity index is 0.00000225.